The molecule has 154 valence electrons. The number of nitrogens with zero attached hydrogens (tertiary/aromatic N) is 2. The summed E-state index contributed by atoms with van der Waals surface area (Å²) < 4.78 is 0. The topological polar surface area (TPSA) is 53.4 Å². The number of amides is 1. The van der Waals surface area contributed by atoms with E-state index in [0.717, 1.165) is 71.9 Å². The molecule has 2 unspecified atom stereocenters. The van der Waals surface area contributed by atoms with Crippen LogP contribution in [0.3, 0.4) is 0 Å². The first kappa shape index (κ1) is 19.3. The van der Waals surface area contributed by atoms with Crippen molar-refractivity contribution < 1.29 is 9.90 Å². The van der Waals surface area contributed by atoms with Gasteiger partial charge in [-0.1, -0.05) is 50.1 Å². The Labute approximate surface area is 177 Å². The van der Waals surface area contributed by atoms with Crippen molar-refractivity contribution in [1.82, 2.24) is 9.88 Å². The van der Waals surface area contributed by atoms with Crippen molar-refractivity contribution in [3.05, 3.63) is 76.6 Å². The highest BCUT2D eigenvalue weighted by atomic mass is 16.3. The molecule has 1 N–H and O–H groups in total. The summed E-state index contributed by atoms with van der Waals surface area (Å²) in [5.74, 6) is 0.0717. The van der Waals surface area contributed by atoms with Gasteiger partial charge in [0, 0.05) is 24.0 Å². The van der Waals surface area contributed by atoms with E-state index in [1.54, 1.807) is 0 Å². The van der Waals surface area contributed by atoms with Crippen molar-refractivity contribution in [1.29, 1.82) is 0 Å². The second-order valence-corrected chi connectivity index (χ2v) is 8.65. The lowest BCUT2D eigenvalue weighted by molar-refractivity contribution is 0.0192. The number of fused-ring (bicyclic) bond motifs is 3. The highest BCUT2D eigenvalue weighted by molar-refractivity contribution is 6.05. The lowest BCUT2D eigenvalue weighted by Gasteiger charge is -2.35. The van der Waals surface area contributed by atoms with Crippen LogP contribution >= 0.6 is 0 Å². The van der Waals surface area contributed by atoms with Gasteiger partial charge in [-0.3, -0.25) is 9.78 Å². The van der Waals surface area contributed by atoms with Crippen LogP contribution in [-0.4, -0.2) is 33.0 Å². The van der Waals surface area contributed by atoms with E-state index in [1.807, 2.05) is 17.2 Å². The number of hydrogen-bond donors (Lipinski definition) is 1. The SMILES string of the molecule is CCc1ccc(Cc2cc3c(c4ccccc24)CN(C2CCCCC2O)C3=O)cn1. The van der Waals surface area contributed by atoms with Crippen LogP contribution in [0.4, 0.5) is 0 Å². The largest absolute Gasteiger partial charge is 0.391 e. The predicted molar refractivity (Wildman–Crippen MR) is 119 cm³/mol. The molecule has 4 nitrogen and oxygen atoms in total. The van der Waals surface area contributed by atoms with Gasteiger partial charge in [0.25, 0.3) is 5.91 Å². The number of aliphatic hydroxyl groups is 1. The molecule has 0 saturated heterocycles. The van der Waals surface area contributed by atoms with E-state index in [2.05, 4.69) is 48.3 Å². The molecule has 1 amide bonds. The minimum atomic E-state index is -0.411. The number of hydrogen-bond acceptors (Lipinski definition) is 3. The summed E-state index contributed by atoms with van der Waals surface area (Å²) in [6.45, 7) is 2.71. The molecule has 4 heteroatoms. The first-order valence-electron chi connectivity index (χ1n) is 11.1. The lowest BCUT2D eigenvalue weighted by atomic mass is 9.91. The highest BCUT2D eigenvalue weighted by Gasteiger charge is 2.38. The lowest BCUT2D eigenvalue weighted by Crippen LogP contribution is -2.45. The molecule has 2 atom stereocenters. The fourth-order valence-corrected chi connectivity index (χ4v) is 5.13. The third-order valence-corrected chi connectivity index (χ3v) is 6.80. The molecule has 2 aromatic carbocycles. The summed E-state index contributed by atoms with van der Waals surface area (Å²) in [4.78, 5) is 19.8. The Bertz CT molecular complexity index is 1090. The number of carbonyl (C=O) groups is 1. The molecule has 2 aliphatic rings. The van der Waals surface area contributed by atoms with Gasteiger partial charge in [-0.05, 0) is 65.3 Å². The predicted octanol–water partition coefficient (Wildman–Crippen LogP) is 4.65. The first-order valence-corrected chi connectivity index (χ1v) is 11.1. The molecule has 0 radical (unpaired) electrons. The third-order valence-electron chi connectivity index (χ3n) is 6.80. The number of aryl methyl sites for hydroxylation is 1. The van der Waals surface area contributed by atoms with E-state index in [0.29, 0.717) is 6.54 Å². The normalized spacial score (nSPS) is 21.3. The van der Waals surface area contributed by atoms with Gasteiger partial charge in [0.05, 0.1) is 12.1 Å². The summed E-state index contributed by atoms with van der Waals surface area (Å²) in [7, 11) is 0. The van der Waals surface area contributed by atoms with E-state index < -0.39 is 6.10 Å². The Morgan fingerprint density at radius 3 is 2.63 bits per heavy atom. The Morgan fingerprint density at radius 1 is 1.10 bits per heavy atom. The van der Waals surface area contributed by atoms with Crippen LogP contribution in [0.1, 0.15) is 65.3 Å². The second kappa shape index (κ2) is 7.84. The molecule has 5 rings (SSSR count). The molecule has 0 bridgehead atoms. The standard InChI is InChI=1S/C26H28N2O2/c1-2-19-12-11-17(15-27-19)13-18-14-22-23(21-8-4-3-7-20(18)21)16-28(26(22)30)24-9-5-6-10-25(24)29/h3-4,7-8,11-12,14-15,24-25,29H,2,5-6,9-10,13,16H2,1H3. The smallest absolute Gasteiger partial charge is 0.254 e. The molecule has 1 fully saturated rings. The van der Waals surface area contributed by atoms with Gasteiger partial charge in [0.1, 0.15) is 0 Å². The molecule has 2 heterocycles. The number of carbonyl (C=O) groups excluding carboxylic acids is 1. The summed E-state index contributed by atoms with van der Waals surface area (Å²) in [6.07, 6.45) is 7.03. The minimum absolute atomic E-state index is 0.0633. The average molecular weight is 401 g/mol. The molecule has 30 heavy (non-hydrogen) atoms. The van der Waals surface area contributed by atoms with Crippen LogP contribution in [0.25, 0.3) is 10.8 Å². The molecule has 1 saturated carbocycles. The molecule has 3 aromatic rings. The molecule has 1 aliphatic carbocycles. The van der Waals surface area contributed by atoms with Crippen molar-refractivity contribution in [3.8, 4) is 0 Å². The third kappa shape index (κ3) is 3.29. The Balaban J connectivity index is 1.54. The Hall–Kier alpha value is -2.72. The van der Waals surface area contributed by atoms with Crippen molar-refractivity contribution in [2.75, 3.05) is 0 Å². The van der Waals surface area contributed by atoms with Gasteiger partial charge >= 0.3 is 0 Å². The van der Waals surface area contributed by atoms with Gasteiger partial charge in [0.15, 0.2) is 0 Å². The van der Waals surface area contributed by atoms with Crippen LogP contribution in [-0.2, 0) is 19.4 Å². The number of rotatable bonds is 4. The summed E-state index contributed by atoms with van der Waals surface area (Å²) >= 11 is 0. The maximum Gasteiger partial charge on any atom is 0.254 e. The van der Waals surface area contributed by atoms with Crippen molar-refractivity contribution >= 4 is 16.7 Å². The zero-order valence-electron chi connectivity index (χ0n) is 17.5. The quantitative estimate of drug-likeness (QED) is 0.694. The zero-order chi connectivity index (χ0) is 20.7. The molecule has 1 aromatic heterocycles. The van der Waals surface area contributed by atoms with Gasteiger partial charge < -0.3 is 10.0 Å². The summed E-state index contributed by atoms with van der Waals surface area (Å²) in [6, 6.07) is 14.6. The number of benzene rings is 2. The van der Waals surface area contributed by atoms with E-state index in [4.69, 9.17) is 0 Å². The van der Waals surface area contributed by atoms with Crippen molar-refractivity contribution in [2.45, 2.75) is 64.1 Å². The van der Waals surface area contributed by atoms with E-state index in [1.165, 1.54) is 5.39 Å². The van der Waals surface area contributed by atoms with Crippen LogP contribution < -0.4 is 0 Å². The van der Waals surface area contributed by atoms with E-state index in [9.17, 15) is 9.90 Å². The van der Waals surface area contributed by atoms with Gasteiger partial charge in [-0.25, -0.2) is 0 Å². The summed E-state index contributed by atoms with van der Waals surface area (Å²) in [5, 5.41) is 12.9. The number of pyridine rings is 1. The van der Waals surface area contributed by atoms with Crippen molar-refractivity contribution in [2.24, 2.45) is 0 Å². The summed E-state index contributed by atoms with van der Waals surface area (Å²) in [5.41, 5.74) is 5.32. The highest BCUT2D eigenvalue weighted by Crippen LogP contribution is 2.37. The zero-order valence-corrected chi connectivity index (χ0v) is 17.5. The van der Waals surface area contributed by atoms with Gasteiger partial charge in [-0.15, -0.1) is 0 Å². The first-order chi connectivity index (χ1) is 14.7. The van der Waals surface area contributed by atoms with Gasteiger partial charge in [0.2, 0.25) is 0 Å². The minimum Gasteiger partial charge on any atom is -0.391 e. The number of aromatic nitrogens is 1. The fourth-order valence-electron chi connectivity index (χ4n) is 5.13. The molecular weight excluding hydrogens is 372 g/mol. The Kier molecular flexibility index (Phi) is 5.03. The number of aliphatic hydroxyl groups excluding tert-OH is 1. The maximum atomic E-state index is 13.4. The van der Waals surface area contributed by atoms with Gasteiger partial charge in [-0.2, -0.15) is 0 Å². The second-order valence-electron chi connectivity index (χ2n) is 8.65. The van der Waals surface area contributed by atoms with Crippen molar-refractivity contribution in [3.63, 3.8) is 0 Å². The van der Waals surface area contributed by atoms with Crippen LogP contribution in [0, 0.1) is 0 Å². The fraction of sp³-hybridized carbons (Fsp3) is 0.385. The average Bonchev–Trinajstić information content (AvgIpc) is 3.11. The maximum absolute atomic E-state index is 13.4. The monoisotopic (exact) mass is 400 g/mol. The van der Waals surface area contributed by atoms with E-state index in [-0.39, 0.29) is 11.9 Å². The van der Waals surface area contributed by atoms with E-state index >= 15 is 0 Å². The molecular formula is C26H28N2O2. The van der Waals surface area contributed by atoms with Crippen LogP contribution in [0.15, 0.2) is 48.7 Å². The molecule has 1 aliphatic heterocycles. The Morgan fingerprint density at radius 2 is 1.90 bits per heavy atom. The molecule has 0 spiro atoms. The van der Waals surface area contributed by atoms with Crippen LogP contribution in [0.2, 0.25) is 0 Å². The van der Waals surface area contributed by atoms with Crippen LogP contribution in [0.5, 0.6) is 0 Å².